The van der Waals surface area contributed by atoms with Gasteiger partial charge >= 0.3 is 0 Å². The Labute approximate surface area is 115 Å². The van der Waals surface area contributed by atoms with Gasteiger partial charge in [-0.25, -0.2) is 0 Å². The Hall–Kier alpha value is -0.220. The Morgan fingerprint density at radius 3 is 2.72 bits per heavy atom. The van der Waals surface area contributed by atoms with Crippen molar-refractivity contribution in [2.75, 3.05) is 25.4 Å². The van der Waals surface area contributed by atoms with Crippen LogP contribution in [0.1, 0.15) is 40.0 Å². The molecule has 2 aliphatic rings. The van der Waals surface area contributed by atoms with Crippen molar-refractivity contribution in [1.82, 2.24) is 10.6 Å². The SMILES string of the molecule is CC(C)C1(C(=O)NCC2(C)CCCS2)CCNC1. The molecule has 0 spiro atoms. The van der Waals surface area contributed by atoms with E-state index in [1.807, 2.05) is 11.8 Å². The van der Waals surface area contributed by atoms with E-state index in [2.05, 4.69) is 31.4 Å². The van der Waals surface area contributed by atoms with Gasteiger partial charge in [0, 0.05) is 17.8 Å². The summed E-state index contributed by atoms with van der Waals surface area (Å²) in [4.78, 5) is 12.5. The van der Waals surface area contributed by atoms with E-state index in [-0.39, 0.29) is 16.1 Å². The van der Waals surface area contributed by atoms with Crippen LogP contribution in [-0.4, -0.2) is 36.0 Å². The van der Waals surface area contributed by atoms with Gasteiger partial charge < -0.3 is 10.6 Å². The summed E-state index contributed by atoms with van der Waals surface area (Å²) in [5.41, 5.74) is -0.181. The molecule has 2 rings (SSSR count). The smallest absolute Gasteiger partial charge is 0.227 e. The van der Waals surface area contributed by atoms with Crippen molar-refractivity contribution in [1.29, 1.82) is 0 Å². The van der Waals surface area contributed by atoms with Crippen LogP contribution in [0.2, 0.25) is 0 Å². The minimum atomic E-state index is -0.181. The maximum absolute atomic E-state index is 12.5. The van der Waals surface area contributed by atoms with Crippen LogP contribution in [0.4, 0.5) is 0 Å². The number of amides is 1. The van der Waals surface area contributed by atoms with E-state index in [0.717, 1.165) is 26.1 Å². The maximum Gasteiger partial charge on any atom is 0.227 e. The molecule has 2 aliphatic heterocycles. The zero-order chi connectivity index (χ0) is 13.2. The molecule has 3 nitrogen and oxygen atoms in total. The van der Waals surface area contributed by atoms with Gasteiger partial charge in [0.1, 0.15) is 0 Å². The average molecular weight is 270 g/mol. The third-order valence-corrected chi connectivity index (χ3v) is 6.21. The Morgan fingerprint density at radius 1 is 1.44 bits per heavy atom. The van der Waals surface area contributed by atoms with Crippen LogP contribution in [0, 0.1) is 11.3 Å². The topological polar surface area (TPSA) is 41.1 Å². The van der Waals surface area contributed by atoms with E-state index >= 15 is 0 Å². The number of hydrogen-bond donors (Lipinski definition) is 2. The molecule has 1 amide bonds. The van der Waals surface area contributed by atoms with Crippen molar-refractivity contribution in [2.24, 2.45) is 11.3 Å². The molecule has 2 N–H and O–H groups in total. The summed E-state index contributed by atoms with van der Waals surface area (Å²) in [5.74, 6) is 1.90. The van der Waals surface area contributed by atoms with Gasteiger partial charge in [-0.05, 0) is 44.4 Å². The summed E-state index contributed by atoms with van der Waals surface area (Å²) < 4.78 is 0.264. The molecule has 0 bridgehead atoms. The van der Waals surface area contributed by atoms with Crippen LogP contribution in [-0.2, 0) is 4.79 Å². The Balaban J connectivity index is 1.94. The second-order valence-corrected chi connectivity index (χ2v) is 8.00. The largest absolute Gasteiger partial charge is 0.354 e. The lowest BCUT2D eigenvalue weighted by atomic mass is 9.75. The predicted octanol–water partition coefficient (Wildman–Crippen LogP) is 2.02. The summed E-state index contributed by atoms with van der Waals surface area (Å²) in [7, 11) is 0. The van der Waals surface area contributed by atoms with Crippen molar-refractivity contribution >= 4 is 17.7 Å². The lowest BCUT2D eigenvalue weighted by molar-refractivity contribution is -0.132. The Kier molecular flexibility index (Phi) is 4.27. The highest BCUT2D eigenvalue weighted by Gasteiger charge is 2.44. The molecule has 0 aromatic carbocycles. The van der Waals surface area contributed by atoms with Crippen LogP contribution in [0.3, 0.4) is 0 Å². The molecule has 2 fully saturated rings. The average Bonchev–Trinajstić information content (AvgIpc) is 2.96. The first-order chi connectivity index (χ1) is 8.49. The first-order valence-corrected chi connectivity index (χ1v) is 8.10. The van der Waals surface area contributed by atoms with Gasteiger partial charge in [0.05, 0.1) is 5.41 Å². The van der Waals surface area contributed by atoms with Gasteiger partial charge in [0.25, 0.3) is 0 Å². The van der Waals surface area contributed by atoms with E-state index in [1.165, 1.54) is 18.6 Å². The first kappa shape index (κ1) is 14.2. The Morgan fingerprint density at radius 2 is 2.22 bits per heavy atom. The summed E-state index contributed by atoms with van der Waals surface area (Å²) in [6.45, 7) is 9.24. The normalized spacial score (nSPS) is 36.2. The molecule has 104 valence electrons. The second kappa shape index (κ2) is 5.41. The van der Waals surface area contributed by atoms with Crippen molar-refractivity contribution in [2.45, 2.75) is 44.8 Å². The maximum atomic E-state index is 12.5. The summed E-state index contributed by atoms with van der Waals surface area (Å²) in [6, 6.07) is 0. The van der Waals surface area contributed by atoms with Gasteiger partial charge in [-0.3, -0.25) is 4.79 Å². The number of thioether (sulfide) groups is 1. The van der Waals surface area contributed by atoms with E-state index in [4.69, 9.17) is 0 Å². The third kappa shape index (κ3) is 2.69. The summed E-state index contributed by atoms with van der Waals surface area (Å²) in [6.07, 6.45) is 3.49. The molecule has 2 unspecified atom stereocenters. The molecule has 2 saturated heterocycles. The molecule has 18 heavy (non-hydrogen) atoms. The monoisotopic (exact) mass is 270 g/mol. The van der Waals surface area contributed by atoms with E-state index < -0.39 is 0 Å². The van der Waals surface area contributed by atoms with Crippen LogP contribution < -0.4 is 10.6 Å². The minimum Gasteiger partial charge on any atom is -0.354 e. The second-order valence-electron chi connectivity index (χ2n) is 6.32. The number of carbonyl (C=O) groups is 1. The molecule has 2 atom stereocenters. The summed E-state index contributed by atoms with van der Waals surface area (Å²) in [5, 5.41) is 6.58. The van der Waals surface area contributed by atoms with E-state index in [9.17, 15) is 4.79 Å². The zero-order valence-electron chi connectivity index (χ0n) is 11.8. The van der Waals surface area contributed by atoms with E-state index in [0.29, 0.717) is 5.92 Å². The van der Waals surface area contributed by atoms with Crippen LogP contribution in [0.15, 0.2) is 0 Å². The fraction of sp³-hybridized carbons (Fsp3) is 0.929. The highest BCUT2D eigenvalue weighted by Crippen LogP contribution is 2.38. The molecule has 0 saturated carbocycles. The minimum absolute atomic E-state index is 0.181. The number of carbonyl (C=O) groups excluding carboxylic acids is 1. The molecular weight excluding hydrogens is 244 g/mol. The number of rotatable bonds is 4. The zero-order valence-corrected chi connectivity index (χ0v) is 12.7. The molecular formula is C14H26N2OS. The van der Waals surface area contributed by atoms with Gasteiger partial charge in [-0.2, -0.15) is 11.8 Å². The fourth-order valence-electron chi connectivity index (χ4n) is 3.08. The van der Waals surface area contributed by atoms with Crippen LogP contribution >= 0.6 is 11.8 Å². The summed E-state index contributed by atoms with van der Waals surface area (Å²) >= 11 is 2.01. The Bertz CT molecular complexity index is 305. The van der Waals surface area contributed by atoms with Crippen LogP contribution in [0.5, 0.6) is 0 Å². The van der Waals surface area contributed by atoms with Gasteiger partial charge in [-0.1, -0.05) is 13.8 Å². The molecule has 4 heteroatoms. The predicted molar refractivity (Wildman–Crippen MR) is 77.9 cm³/mol. The molecule has 2 heterocycles. The van der Waals surface area contributed by atoms with Crippen LogP contribution in [0.25, 0.3) is 0 Å². The van der Waals surface area contributed by atoms with Crippen molar-refractivity contribution in [3.05, 3.63) is 0 Å². The standard InChI is InChI=1S/C14H26N2OS/c1-11(2)14(6-7-15-10-14)12(17)16-9-13(3)5-4-8-18-13/h11,15H,4-10H2,1-3H3,(H,16,17). The van der Waals surface area contributed by atoms with Crippen molar-refractivity contribution in [3.8, 4) is 0 Å². The molecule has 0 radical (unpaired) electrons. The number of nitrogens with one attached hydrogen (secondary N) is 2. The van der Waals surface area contributed by atoms with Gasteiger partial charge in [0.15, 0.2) is 0 Å². The first-order valence-electron chi connectivity index (χ1n) is 7.12. The number of hydrogen-bond acceptors (Lipinski definition) is 3. The quantitative estimate of drug-likeness (QED) is 0.821. The van der Waals surface area contributed by atoms with Gasteiger partial charge in [0.2, 0.25) is 5.91 Å². The van der Waals surface area contributed by atoms with Gasteiger partial charge in [-0.15, -0.1) is 0 Å². The molecule has 0 aromatic rings. The molecule has 0 aromatic heterocycles. The lowest BCUT2D eigenvalue weighted by Crippen LogP contribution is -2.49. The highest BCUT2D eigenvalue weighted by atomic mass is 32.2. The highest BCUT2D eigenvalue weighted by molar-refractivity contribution is 8.00. The van der Waals surface area contributed by atoms with E-state index in [1.54, 1.807) is 0 Å². The van der Waals surface area contributed by atoms with Crippen molar-refractivity contribution < 1.29 is 4.79 Å². The van der Waals surface area contributed by atoms with Crippen molar-refractivity contribution in [3.63, 3.8) is 0 Å². The molecule has 0 aliphatic carbocycles. The lowest BCUT2D eigenvalue weighted by Gasteiger charge is -2.33. The fourth-order valence-corrected chi connectivity index (χ4v) is 4.32. The third-order valence-electron chi connectivity index (χ3n) is 4.67.